The van der Waals surface area contributed by atoms with Crippen LogP contribution in [0.2, 0.25) is 0 Å². The second kappa shape index (κ2) is 6.91. The van der Waals surface area contributed by atoms with Gasteiger partial charge in [0.15, 0.2) is 0 Å². The minimum absolute atomic E-state index is 0.182. The Balaban J connectivity index is 1.83. The van der Waals surface area contributed by atoms with Crippen LogP contribution in [0.4, 0.5) is 10.6 Å². The van der Waals surface area contributed by atoms with E-state index in [4.69, 9.17) is 4.74 Å². The minimum atomic E-state index is -0.507. The number of nitrogens with zero attached hydrogens (tertiary/aromatic N) is 3. The maximum Gasteiger partial charge on any atom is 0.416 e. The van der Waals surface area contributed by atoms with Crippen LogP contribution in [0.1, 0.15) is 64.9 Å². The van der Waals surface area contributed by atoms with Crippen molar-refractivity contribution in [3.05, 3.63) is 23.9 Å². The molecule has 0 spiro atoms. The zero-order valence-corrected chi connectivity index (χ0v) is 14.9. The van der Waals surface area contributed by atoms with Crippen LogP contribution in [0.3, 0.4) is 0 Å². The lowest BCUT2D eigenvalue weighted by atomic mass is 10.1. The molecule has 3 rings (SSSR count). The van der Waals surface area contributed by atoms with Gasteiger partial charge in [-0.25, -0.2) is 9.78 Å². The van der Waals surface area contributed by atoms with E-state index in [1.807, 2.05) is 39.1 Å². The molecule has 0 unspecified atom stereocenters. The van der Waals surface area contributed by atoms with Crippen molar-refractivity contribution in [2.45, 2.75) is 70.9 Å². The molecule has 5 heteroatoms. The second-order valence-electron chi connectivity index (χ2n) is 7.63. The van der Waals surface area contributed by atoms with Gasteiger partial charge in [-0.3, -0.25) is 9.89 Å². The van der Waals surface area contributed by atoms with Crippen molar-refractivity contribution in [3.8, 4) is 0 Å². The van der Waals surface area contributed by atoms with Crippen LogP contribution in [0.5, 0.6) is 0 Å². The number of hydrogen-bond donors (Lipinski definition) is 0. The third kappa shape index (κ3) is 3.94. The van der Waals surface area contributed by atoms with Gasteiger partial charge in [-0.2, -0.15) is 0 Å². The average molecular weight is 329 g/mol. The van der Waals surface area contributed by atoms with Gasteiger partial charge in [0, 0.05) is 30.1 Å². The molecule has 0 radical (unpaired) electrons. The summed E-state index contributed by atoms with van der Waals surface area (Å²) in [7, 11) is 0. The molecule has 0 aromatic carbocycles. The monoisotopic (exact) mass is 329 g/mol. The van der Waals surface area contributed by atoms with Gasteiger partial charge < -0.3 is 4.74 Å². The molecule has 0 atom stereocenters. The predicted octanol–water partition coefficient (Wildman–Crippen LogP) is 4.35. The highest BCUT2D eigenvalue weighted by molar-refractivity contribution is 6.01. The van der Waals surface area contributed by atoms with Gasteiger partial charge in [-0.1, -0.05) is 12.8 Å². The number of carbonyl (C=O) groups excluding carboxylic acids is 1. The first kappa shape index (κ1) is 16.9. The molecule has 130 valence electrons. The summed E-state index contributed by atoms with van der Waals surface area (Å²) in [6, 6.07) is 4.14. The van der Waals surface area contributed by atoms with Crippen molar-refractivity contribution in [1.29, 1.82) is 0 Å². The fraction of sp³-hybridized carbons (Fsp3) is 0.632. The lowest BCUT2D eigenvalue weighted by Crippen LogP contribution is -2.43. The van der Waals surface area contributed by atoms with E-state index in [-0.39, 0.29) is 12.1 Å². The summed E-state index contributed by atoms with van der Waals surface area (Å²) in [4.78, 5) is 23.6. The third-order valence-corrected chi connectivity index (χ3v) is 4.48. The van der Waals surface area contributed by atoms with Crippen LogP contribution in [0, 0.1) is 0 Å². The fourth-order valence-electron chi connectivity index (χ4n) is 3.38. The number of anilines is 1. The molecule has 1 saturated carbocycles. The molecule has 0 N–H and O–H groups in total. The quantitative estimate of drug-likeness (QED) is 0.828. The zero-order chi connectivity index (χ0) is 17.2. The highest BCUT2D eigenvalue weighted by Gasteiger charge is 2.32. The summed E-state index contributed by atoms with van der Waals surface area (Å²) in [5.41, 5.74) is 1.68. The van der Waals surface area contributed by atoms with Crippen LogP contribution >= 0.6 is 0 Å². The van der Waals surface area contributed by atoms with Crippen LogP contribution in [-0.4, -0.2) is 35.0 Å². The topological polar surface area (TPSA) is 54.8 Å². The molecule has 2 aliphatic rings. The highest BCUT2D eigenvalue weighted by atomic mass is 16.6. The van der Waals surface area contributed by atoms with Crippen LogP contribution in [0.25, 0.3) is 0 Å². The first-order valence-electron chi connectivity index (χ1n) is 8.96. The summed E-state index contributed by atoms with van der Waals surface area (Å²) in [6.07, 6.45) is 7.99. The molecule has 24 heavy (non-hydrogen) atoms. The average Bonchev–Trinajstić information content (AvgIpc) is 3.20. The van der Waals surface area contributed by atoms with Crippen molar-refractivity contribution in [3.63, 3.8) is 0 Å². The SMILES string of the molecule is CC(C)(C)OC(=O)N(c1ccc(C2=NCCC2)cn1)C1CCCC1. The van der Waals surface area contributed by atoms with Crippen LogP contribution in [-0.2, 0) is 4.74 Å². The first-order valence-corrected chi connectivity index (χ1v) is 8.96. The molecular weight excluding hydrogens is 302 g/mol. The number of pyridine rings is 1. The van der Waals surface area contributed by atoms with Crippen molar-refractivity contribution < 1.29 is 9.53 Å². The number of rotatable bonds is 3. The Bertz CT molecular complexity index is 610. The normalized spacial score (nSPS) is 18.5. The Labute approximate surface area is 144 Å². The number of hydrogen-bond acceptors (Lipinski definition) is 4. The van der Waals surface area contributed by atoms with E-state index in [0.29, 0.717) is 5.82 Å². The smallest absolute Gasteiger partial charge is 0.416 e. The van der Waals surface area contributed by atoms with Gasteiger partial charge in [-0.05, 0) is 58.6 Å². The Morgan fingerprint density at radius 1 is 1.21 bits per heavy atom. The highest BCUT2D eigenvalue weighted by Crippen LogP contribution is 2.29. The van der Waals surface area contributed by atoms with Crippen molar-refractivity contribution in [2.75, 3.05) is 11.4 Å². The zero-order valence-electron chi connectivity index (χ0n) is 14.9. The molecule has 0 saturated heterocycles. The van der Waals surface area contributed by atoms with E-state index in [1.54, 1.807) is 4.90 Å². The van der Waals surface area contributed by atoms with E-state index in [9.17, 15) is 4.79 Å². The van der Waals surface area contributed by atoms with Crippen LogP contribution in [0.15, 0.2) is 23.3 Å². The Kier molecular flexibility index (Phi) is 4.88. The van der Waals surface area contributed by atoms with Gasteiger partial charge in [-0.15, -0.1) is 0 Å². The van der Waals surface area contributed by atoms with E-state index in [1.165, 1.54) is 0 Å². The Hall–Kier alpha value is -1.91. The summed E-state index contributed by atoms with van der Waals surface area (Å²) >= 11 is 0. The summed E-state index contributed by atoms with van der Waals surface area (Å²) in [5, 5.41) is 0. The molecule has 1 aromatic heterocycles. The second-order valence-corrected chi connectivity index (χ2v) is 7.63. The predicted molar refractivity (Wildman–Crippen MR) is 95.8 cm³/mol. The molecular formula is C19H27N3O2. The standard InChI is InChI=1S/C19H27N3O2/c1-19(2,3)24-18(23)22(15-7-4-5-8-15)17-11-10-14(13-21-17)16-9-6-12-20-16/h10-11,13,15H,4-9,12H2,1-3H3. The van der Waals surface area contributed by atoms with Gasteiger partial charge in [0.1, 0.15) is 11.4 Å². The molecule has 1 fully saturated rings. The van der Waals surface area contributed by atoms with Crippen molar-refractivity contribution in [1.82, 2.24) is 4.98 Å². The number of carbonyl (C=O) groups is 1. The summed E-state index contributed by atoms with van der Waals surface area (Å²) in [5.74, 6) is 0.679. The van der Waals surface area contributed by atoms with Gasteiger partial charge in [0.05, 0.1) is 0 Å². The lowest BCUT2D eigenvalue weighted by Gasteiger charge is -2.30. The molecule has 2 heterocycles. The summed E-state index contributed by atoms with van der Waals surface area (Å²) in [6.45, 7) is 6.59. The largest absolute Gasteiger partial charge is 0.443 e. The minimum Gasteiger partial charge on any atom is -0.443 e. The molecule has 1 aromatic rings. The molecule has 0 bridgehead atoms. The Morgan fingerprint density at radius 2 is 1.96 bits per heavy atom. The third-order valence-electron chi connectivity index (χ3n) is 4.48. The number of ether oxygens (including phenoxy) is 1. The summed E-state index contributed by atoms with van der Waals surface area (Å²) < 4.78 is 5.62. The maximum absolute atomic E-state index is 12.7. The van der Waals surface area contributed by atoms with E-state index in [0.717, 1.165) is 56.3 Å². The van der Waals surface area contributed by atoms with Crippen molar-refractivity contribution >= 4 is 17.6 Å². The fourth-order valence-corrected chi connectivity index (χ4v) is 3.38. The Morgan fingerprint density at radius 3 is 2.50 bits per heavy atom. The molecule has 5 nitrogen and oxygen atoms in total. The van der Waals surface area contributed by atoms with Gasteiger partial charge in [0.2, 0.25) is 0 Å². The molecule has 1 aliphatic heterocycles. The maximum atomic E-state index is 12.7. The van der Waals surface area contributed by atoms with Gasteiger partial charge >= 0.3 is 6.09 Å². The number of aromatic nitrogens is 1. The van der Waals surface area contributed by atoms with Crippen LogP contribution < -0.4 is 4.90 Å². The van der Waals surface area contributed by atoms with E-state index < -0.39 is 5.60 Å². The lowest BCUT2D eigenvalue weighted by molar-refractivity contribution is 0.0564. The molecule has 1 aliphatic carbocycles. The molecule has 1 amide bonds. The van der Waals surface area contributed by atoms with E-state index >= 15 is 0 Å². The number of amides is 1. The van der Waals surface area contributed by atoms with Crippen molar-refractivity contribution in [2.24, 2.45) is 4.99 Å². The number of aliphatic imine (C=N–C) groups is 1. The van der Waals surface area contributed by atoms with Gasteiger partial charge in [0.25, 0.3) is 0 Å². The van der Waals surface area contributed by atoms with E-state index in [2.05, 4.69) is 9.98 Å². The first-order chi connectivity index (χ1) is 11.4.